The van der Waals surface area contributed by atoms with E-state index in [1.807, 2.05) is 24.4 Å². The molecule has 0 spiro atoms. The molecule has 1 N–H and O–H groups in total. The molecular weight excluding hydrogens is 296 g/mol. The Bertz CT molecular complexity index is 605. The molecule has 4 nitrogen and oxygen atoms in total. The third kappa shape index (κ3) is 5.15. The summed E-state index contributed by atoms with van der Waals surface area (Å²) >= 11 is 1.59. The van der Waals surface area contributed by atoms with Crippen molar-refractivity contribution in [1.82, 2.24) is 10.3 Å². The van der Waals surface area contributed by atoms with Crippen molar-refractivity contribution in [2.45, 2.75) is 33.8 Å². The average Bonchev–Trinajstić information content (AvgIpc) is 2.91. The van der Waals surface area contributed by atoms with E-state index in [0.29, 0.717) is 24.6 Å². The van der Waals surface area contributed by atoms with Crippen molar-refractivity contribution in [2.75, 3.05) is 6.54 Å². The fourth-order valence-corrected chi connectivity index (χ4v) is 2.58. The summed E-state index contributed by atoms with van der Waals surface area (Å²) in [6, 6.07) is 7.20. The molecule has 22 heavy (non-hydrogen) atoms. The molecule has 1 amide bonds. The Hall–Kier alpha value is -1.88. The van der Waals surface area contributed by atoms with E-state index in [9.17, 15) is 4.79 Å². The maximum Gasteiger partial charge on any atom is 0.251 e. The Morgan fingerprint density at radius 2 is 2.05 bits per heavy atom. The maximum absolute atomic E-state index is 12.0. The van der Waals surface area contributed by atoms with Crippen LogP contribution in [0.2, 0.25) is 0 Å². The lowest BCUT2D eigenvalue weighted by molar-refractivity contribution is 0.0952. The molecular formula is C17H22N2O2S. The Kier molecular flexibility index (Phi) is 5.95. The van der Waals surface area contributed by atoms with Gasteiger partial charge in [-0.25, -0.2) is 4.98 Å². The number of hydrogen-bond acceptors (Lipinski definition) is 4. The summed E-state index contributed by atoms with van der Waals surface area (Å²) in [6.07, 6.45) is 0.986. The zero-order valence-electron chi connectivity index (χ0n) is 13.3. The van der Waals surface area contributed by atoms with E-state index >= 15 is 0 Å². The minimum Gasteiger partial charge on any atom is -0.486 e. The lowest BCUT2D eigenvalue weighted by Gasteiger charge is -2.08. The van der Waals surface area contributed by atoms with Crippen molar-refractivity contribution in [3.8, 4) is 5.75 Å². The first-order valence-corrected chi connectivity index (χ1v) is 8.34. The molecule has 0 saturated heterocycles. The van der Waals surface area contributed by atoms with E-state index in [-0.39, 0.29) is 5.91 Å². The van der Waals surface area contributed by atoms with Gasteiger partial charge in [-0.15, -0.1) is 11.3 Å². The number of thiazole rings is 1. The Balaban J connectivity index is 1.83. The standard InChI is InChI=1S/C17H22N2O2S/c1-12(2)8-9-18-17(20)14-4-6-15(7-5-14)21-10-16-19-13(3)11-22-16/h4-7,11-12H,8-10H2,1-3H3,(H,18,20). The second kappa shape index (κ2) is 7.94. The second-order valence-electron chi connectivity index (χ2n) is 5.63. The molecule has 2 aromatic rings. The predicted octanol–water partition coefficient (Wildman–Crippen LogP) is 3.81. The van der Waals surface area contributed by atoms with Crippen molar-refractivity contribution in [2.24, 2.45) is 5.92 Å². The highest BCUT2D eigenvalue weighted by molar-refractivity contribution is 7.09. The molecule has 0 fully saturated rings. The average molecular weight is 318 g/mol. The number of amides is 1. The van der Waals surface area contributed by atoms with Gasteiger partial charge in [-0.1, -0.05) is 13.8 Å². The van der Waals surface area contributed by atoms with Crippen LogP contribution in [0.1, 0.15) is 41.3 Å². The van der Waals surface area contributed by atoms with Crippen LogP contribution >= 0.6 is 11.3 Å². The van der Waals surface area contributed by atoms with E-state index in [2.05, 4.69) is 24.1 Å². The van der Waals surface area contributed by atoms with Crippen molar-refractivity contribution in [1.29, 1.82) is 0 Å². The van der Waals surface area contributed by atoms with Gasteiger partial charge in [-0.3, -0.25) is 4.79 Å². The van der Waals surface area contributed by atoms with Crippen LogP contribution in [0, 0.1) is 12.8 Å². The number of ether oxygens (including phenoxy) is 1. The van der Waals surface area contributed by atoms with Crippen LogP contribution in [0.15, 0.2) is 29.6 Å². The lowest BCUT2D eigenvalue weighted by atomic mass is 10.1. The Morgan fingerprint density at radius 3 is 2.64 bits per heavy atom. The number of nitrogens with zero attached hydrogens (tertiary/aromatic N) is 1. The van der Waals surface area contributed by atoms with Crippen LogP contribution in [0.5, 0.6) is 5.75 Å². The van der Waals surface area contributed by atoms with E-state index in [0.717, 1.165) is 22.9 Å². The highest BCUT2D eigenvalue weighted by Crippen LogP contribution is 2.16. The first kappa shape index (κ1) is 16.5. The molecule has 1 aromatic heterocycles. The maximum atomic E-state index is 12.0. The summed E-state index contributed by atoms with van der Waals surface area (Å²) in [5.41, 5.74) is 1.67. The van der Waals surface area contributed by atoms with E-state index in [1.54, 1.807) is 23.5 Å². The number of nitrogens with one attached hydrogen (secondary N) is 1. The van der Waals surface area contributed by atoms with E-state index in [1.165, 1.54) is 0 Å². The largest absolute Gasteiger partial charge is 0.486 e. The fourth-order valence-electron chi connectivity index (χ4n) is 1.89. The van der Waals surface area contributed by atoms with Gasteiger partial charge < -0.3 is 10.1 Å². The molecule has 1 heterocycles. The molecule has 0 radical (unpaired) electrons. The van der Waals surface area contributed by atoms with Gasteiger partial charge in [0.15, 0.2) is 0 Å². The van der Waals surface area contributed by atoms with Gasteiger partial charge in [0.2, 0.25) is 0 Å². The normalized spacial score (nSPS) is 10.7. The van der Waals surface area contributed by atoms with Crippen molar-refractivity contribution in [3.63, 3.8) is 0 Å². The fraction of sp³-hybridized carbons (Fsp3) is 0.412. The van der Waals surface area contributed by atoms with Gasteiger partial charge in [0.05, 0.1) is 0 Å². The van der Waals surface area contributed by atoms with E-state index < -0.39 is 0 Å². The highest BCUT2D eigenvalue weighted by atomic mass is 32.1. The van der Waals surface area contributed by atoms with Crippen LogP contribution in [-0.2, 0) is 6.61 Å². The summed E-state index contributed by atoms with van der Waals surface area (Å²) in [5.74, 6) is 1.29. The number of rotatable bonds is 7. The Morgan fingerprint density at radius 1 is 1.32 bits per heavy atom. The van der Waals surface area contributed by atoms with Gasteiger partial charge in [0, 0.05) is 23.2 Å². The number of aryl methyl sites for hydroxylation is 1. The Labute approximate surface area is 135 Å². The monoisotopic (exact) mass is 318 g/mol. The zero-order valence-corrected chi connectivity index (χ0v) is 14.1. The molecule has 0 atom stereocenters. The lowest BCUT2D eigenvalue weighted by Crippen LogP contribution is -2.25. The third-order valence-electron chi connectivity index (χ3n) is 3.15. The second-order valence-corrected chi connectivity index (χ2v) is 6.58. The highest BCUT2D eigenvalue weighted by Gasteiger charge is 2.06. The quantitative estimate of drug-likeness (QED) is 0.844. The molecule has 2 rings (SSSR count). The third-order valence-corrected chi connectivity index (χ3v) is 4.09. The van der Waals surface area contributed by atoms with Gasteiger partial charge in [-0.2, -0.15) is 0 Å². The van der Waals surface area contributed by atoms with Crippen molar-refractivity contribution in [3.05, 3.63) is 45.9 Å². The molecule has 0 aliphatic heterocycles. The van der Waals surface area contributed by atoms with Crippen LogP contribution in [0.25, 0.3) is 0 Å². The molecule has 0 saturated carbocycles. The van der Waals surface area contributed by atoms with E-state index in [4.69, 9.17) is 4.74 Å². The smallest absolute Gasteiger partial charge is 0.251 e. The van der Waals surface area contributed by atoms with Crippen LogP contribution in [0.4, 0.5) is 0 Å². The molecule has 5 heteroatoms. The van der Waals surface area contributed by atoms with Gasteiger partial charge in [0.25, 0.3) is 5.91 Å². The molecule has 0 aliphatic rings. The number of hydrogen-bond donors (Lipinski definition) is 1. The summed E-state index contributed by atoms with van der Waals surface area (Å²) in [4.78, 5) is 16.3. The van der Waals surface area contributed by atoms with Crippen LogP contribution < -0.4 is 10.1 Å². The topological polar surface area (TPSA) is 51.2 Å². The molecule has 118 valence electrons. The first-order valence-electron chi connectivity index (χ1n) is 7.46. The summed E-state index contributed by atoms with van der Waals surface area (Å²) in [6.45, 7) is 7.41. The minimum absolute atomic E-state index is 0.0391. The van der Waals surface area contributed by atoms with Gasteiger partial charge in [0.1, 0.15) is 17.4 Å². The molecule has 0 aliphatic carbocycles. The number of aromatic nitrogens is 1. The number of carbonyl (C=O) groups is 1. The SMILES string of the molecule is Cc1csc(COc2ccc(C(=O)NCCC(C)C)cc2)n1. The van der Waals surface area contributed by atoms with Crippen LogP contribution in [-0.4, -0.2) is 17.4 Å². The zero-order chi connectivity index (χ0) is 15.9. The molecule has 1 aromatic carbocycles. The predicted molar refractivity (Wildman–Crippen MR) is 89.4 cm³/mol. The van der Waals surface area contributed by atoms with Crippen molar-refractivity contribution >= 4 is 17.2 Å². The summed E-state index contributed by atoms with van der Waals surface area (Å²) < 4.78 is 5.67. The van der Waals surface area contributed by atoms with Gasteiger partial charge in [-0.05, 0) is 43.5 Å². The van der Waals surface area contributed by atoms with Crippen LogP contribution in [0.3, 0.4) is 0 Å². The summed E-state index contributed by atoms with van der Waals surface area (Å²) in [5, 5.41) is 5.88. The number of carbonyl (C=O) groups excluding carboxylic acids is 1. The number of benzene rings is 1. The first-order chi connectivity index (χ1) is 10.5. The summed E-state index contributed by atoms with van der Waals surface area (Å²) in [7, 11) is 0. The minimum atomic E-state index is -0.0391. The molecule has 0 unspecified atom stereocenters. The van der Waals surface area contributed by atoms with Gasteiger partial charge >= 0.3 is 0 Å². The van der Waals surface area contributed by atoms with Crippen molar-refractivity contribution < 1.29 is 9.53 Å². The molecule has 0 bridgehead atoms.